The third-order valence-electron chi connectivity index (χ3n) is 3.72. The van der Waals surface area contributed by atoms with Crippen LogP contribution in [-0.2, 0) is 13.0 Å². The Hall–Kier alpha value is -0.860. The maximum Gasteiger partial charge on any atom is 0.0239 e. The minimum Gasteiger partial charge on any atom is -0.330 e. The molecule has 0 bridgehead atoms. The van der Waals surface area contributed by atoms with Gasteiger partial charge in [-0.2, -0.15) is 0 Å². The van der Waals surface area contributed by atoms with Gasteiger partial charge < -0.3 is 5.73 Å². The van der Waals surface area contributed by atoms with E-state index < -0.39 is 0 Å². The Balaban J connectivity index is 2.34. The van der Waals surface area contributed by atoms with Gasteiger partial charge in [0.1, 0.15) is 0 Å². The molecule has 2 heteroatoms. The molecule has 0 aliphatic carbocycles. The van der Waals surface area contributed by atoms with Gasteiger partial charge in [0.25, 0.3) is 0 Å². The molecule has 0 amide bonds. The van der Waals surface area contributed by atoms with Crippen LogP contribution in [0.15, 0.2) is 18.2 Å². The molecule has 1 aliphatic rings. The normalized spacial score (nSPS) is 18.2. The Morgan fingerprint density at radius 1 is 1.44 bits per heavy atom. The van der Waals surface area contributed by atoms with Gasteiger partial charge >= 0.3 is 0 Å². The van der Waals surface area contributed by atoms with E-state index in [0.29, 0.717) is 5.92 Å². The molecule has 0 spiro atoms. The molecule has 1 heterocycles. The molecule has 1 aromatic carbocycles. The molecule has 1 aromatic rings. The second kappa shape index (κ2) is 4.98. The number of rotatable bonds is 3. The minimum absolute atomic E-state index is 0.478. The maximum atomic E-state index is 5.79. The highest BCUT2D eigenvalue weighted by Gasteiger charge is 2.19. The molecule has 0 radical (unpaired) electrons. The summed E-state index contributed by atoms with van der Waals surface area (Å²) >= 11 is 0. The number of nitrogens with zero attached hydrogens (tertiary/aromatic N) is 1. The number of hydrogen-bond donors (Lipinski definition) is 1. The summed E-state index contributed by atoms with van der Waals surface area (Å²) in [5.74, 6) is 0.478. The van der Waals surface area contributed by atoms with Crippen molar-refractivity contribution in [2.24, 2.45) is 5.73 Å². The number of fused-ring (bicyclic) bond motifs is 1. The third-order valence-corrected chi connectivity index (χ3v) is 3.72. The summed E-state index contributed by atoms with van der Waals surface area (Å²) in [4.78, 5) is 2.51. The van der Waals surface area contributed by atoms with E-state index in [0.717, 1.165) is 19.6 Å². The van der Waals surface area contributed by atoms with Gasteiger partial charge in [0.15, 0.2) is 0 Å². The van der Waals surface area contributed by atoms with Crippen LogP contribution in [0.3, 0.4) is 0 Å². The van der Waals surface area contributed by atoms with Gasteiger partial charge in [-0.3, -0.25) is 4.90 Å². The summed E-state index contributed by atoms with van der Waals surface area (Å²) in [7, 11) is 0. The molecular weight excluding hydrogens is 196 g/mol. The fraction of sp³-hybridized carbons (Fsp3) is 0.571. The van der Waals surface area contributed by atoms with Gasteiger partial charge in [-0.1, -0.05) is 32.0 Å². The van der Waals surface area contributed by atoms with Crippen LogP contribution in [0.25, 0.3) is 0 Å². The predicted molar refractivity (Wildman–Crippen MR) is 68.6 cm³/mol. The summed E-state index contributed by atoms with van der Waals surface area (Å²) in [6.45, 7) is 8.64. The van der Waals surface area contributed by atoms with Crippen molar-refractivity contribution in [3.8, 4) is 0 Å². The van der Waals surface area contributed by atoms with Crippen LogP contribution >= 0.6 is 0 Å². The van der Waals surface area contributed by atoms with Crippen molar-refractivity contribution in [3.05, 3.63) is 34.9 Å². The average Bonchev–Trinajstić information content (AvgIpc) is 2.36. The zero-order valence-corrected chi connectivity index (χ0v) is 10.4. The Morgan fingerprint density at radius 3 is 2.94 bits per heavy atom. The number of likely N-dealkylation sites (N-methyl/N-ethyl adjacent to an activating group) is 1. The molecule has 0 fully saturated rings. The topological polar surface area (TPSA) is 29.3 Å². The highest BCUT2D eigenvalue weighted by molar-refractivity contribution is 5.39. The lowest BCUT2D eigenvalue weighted by atomic mass is 9.89. The van der Waals surface area contributed by atoms with Gasteiger partial charge in [0.2, 0.25) is 0 Å². The van der Waals surface area contributed by atoms with Crippen molar-refractivity contribution in [1.29, 1.82) is 0 Å². The van der Waals surface area contributed by atoms with Crippen LogP contribution in [-0.4, -0.2) is 24.5 Å². The van der Waals surface area contributed by atoms with Crippen LogP contribution < -0.4 is 5.73 Å². The molecule has 0 saturated carbocycles. The number of nitrogens with two attached hydrogens (primary N) is 1. The van der Waals surface area contributed by atoms with Crippen molar-refractivity contribution in [2.45, 2.75) is 32.7 Å². The third kappa shape index (κ3) is 2.13. The minimum atomic E-state index is 0.478. The second-order valence-corrected chi connectivity index (χ2v) is 4.74. The fourth-order valence-corrected chi connectivity index (χ4v) is 2.52. The average molecular weight is 218 g/mol. The molecule has 1 unspecified atom stereocenters. The Bertz CT molecular complexity index is 360. The molecule has 2 rings (SSSR count). The van der Waals surface area contributed by atoms with Gasteiger partial charge in [-0.05, 0) is 42.1 Å². The molecule has 0 saturated heterocycles. The molecule has 16 heavy (non-hydrogen) atoms. The first-order valence-electron chi connectivity index (χ1n) is 6.29. The summed E-state index contributed by atoms with van der Waals surface area (Å²) < 4.78 is 0. The highest BCUT2D eigenvalue weighted by Crippen LogP contribution is 2.27. The van der Waals surface area contributed by atoms with Gasteiger partial charge in [0.05, 0.1) is 0 Å². The number of hydrogen-bond acceptors (Lipinski definition) is 2. The lowest BCUT2D eigenvalue weighted by molar-refractivity contribution is 0.266. The van der Waals surface area contributed by atoms with E-state index in [1.807, 2.05) is 0 Å². The SMILES string of the molecule is CCN1CCc2cccc(C(C)CN)c2C1. The largest absolute Gasteiger partial charge is 0.330 e. The van der Waals surface area contributed by atoms with Crippen LogP contribution in [0.4, 0.5) is 0 Å². The van der Waals surface area contributed by atoms with Crippen molar-refractivity contribution in [1.82, 2.24) is 4.90 Å². The van der Waals surface area contributed by atoms with Crippen molar-refractivity contribution < 1.29 is 0 Å². The lowest BCUT2D eigenvalue weighted by Crippen LogP contribution is -2.31. The second-order valence-electron chi connectivity index (χ2n) is 4.74. The maximum absolute atomic E-state index is 5.79. The smallest absolute Gasteiger partial charge is 0.0239 e. The molecule has 2 N–H and O–H groups in total. The van der Waals surface area contributed by atoms with E-state index >= 15 is 0 Å². The van der Waals surface area contributed by atoms with Crippen LogP contribution in [0.5, 0.6) is 0 Å². The van der Waals surface area contributed by atoms with Crippen molar-refractivity contribution in [2.75, 3.05) is 19.6 Å². The summed E-state index contributed by atoms with van der Waals surface area (Å²) in [6.07, 6.45) is 1.19. The quantitative estimate of drug-likeness (QED) is 0.842. The van der Waals surface area contributed by atoms with Crippen LogP contribution in [0.1, 0.15) is 36.5 Å². The zero-order chi connectivity index (χ0) is 11.5. The molecule has 88 valence electrons. The lowest BCUT2D eigenvalue weighted by Gasteiger charge is -2.30. The fourth-order valence-electron chi connectivity index (χ4n) is 2.52. The van der Waals surface area contributed by atoms with E-state index in [1.165, 1.54) is 29.7 Å². The standard InChI is InChI=1S/C14H22N2/c1-3-16-8-7-12-5-4-6-13(11(2)9-15)14(12)10-16/h4-6,11H,3,7-10,15H2,1-2H3. The summed E-state index contributed by atoms with van der Waals surface area (Å²) in [5.41, 5.74) is 10.3. The summed E-state index contributed by atoms with van der Waals surface area (Å²) in [5, 5.41) is 0. The van der Waals surface area contributed by atoms with Gasteiger partial charge in [0, 0.05) is 13.1 Å². The van der Waals surface area contributed by atoms with Gasteiger partial charge in [-0.15, -0.1) is 0 Å². The summed E-state index contributed by atoms with van der Waals surface area (Å²) in [6, 6.07) is 6.70. The predicted octanol–water partition coefficient (Wildman–Crippen LogP) is 2.13. The zero-order valence-electron chi connectivity index (χ0n) is 10.4. The molecular formula is C14H22N2. The molecule has 1 aliphatic heterocycles. The first-order valence-corrected chi connectivity index (χ1v) is 6.29. The molecule has 0 aromatic heterocycles. The van der Waals surface area contributed by atoms with E-state index in [1.54, 1.807) is 0 Å². The van der Waals surface area contributed by atoms with E-state index in [9.17, 15) is 0 Å². The Morgan fingerprint density at radius 2 is 2.25 bits per heavy atom. The van der Waals surface area contributed by atoms with Crippen molar-refractivity contribution >= 4 is 0 Å². The van der Waals surface area contributed by atoms with E-state index in [4.69, 9.17) is 5.73 Å². The highest BCUT2D eigenvalue weighted by atomic mass is 15.1. The monoisotopic (exact) mass is 218 g/mol. The molecule has 1 atom stereocenters. The molecule has 2 nitrogen and oxygen atoms in total. The van der Waals surface area contributed by atoms with E-state index in [-0.39, 0.29) is 0 Å². The number of benzene rings is 1. The van der Waals surface area contributed by atoms with Crippen LogP contribution in [0.2, 0.25) is 0 Å². The van der Waals surface area contributed by atoms with Crippen molar-refractivity contribution in [3.63, 3.8) is 0 Å². The first-order chi connectivity index (χ1) is 7.76. The van der Waals surface area contributed by atoms with E-state index in [2.05, 4.69) is 36.9 Å². The Kier molecular flexibility index (Phi) is 3.62. The Labute approximate surface area is 98.4 Å². The van der Waals surface area contributed by atoms with Crippen LogP contribution in [0, 0.1) is 0 Å². The van der Waals surface area contributed by atoms with Gasteiger partial charge in [-0.25, -0.2) is 0 Å². The first kappa shape index (κ1) is 11.6.